The summed E-state index contributed by atoms with van der Waals surface area (Å²) in [5, 5.41) is 1.46. The number of nitrogens with one attached hydrogen (secondary N) is 1. The van der Waals surface area contributed by atoms with Crippen molar-refractivity contribution in [2.45, 2.75) is 25.6 Å². The predicted octanol–water partition coefficient (Wildman–Crippen LogP) is 3.42. The Kier molecular flexibility index (Phi) is 5.10. The van der Waals surface area contributed by atoms with Crippen molar-refractivity contribution in [2.75, 3.05) is 13.1 Å². The van der Waals surface area contributed by atoms with Gasteiger partial charge in [0.1, 0.15) is 12.2 Å². The molecule has 4 rings (SSSR count). The first kappa shape index (κ1) is 19.5. The molecule has 1 aromatic heterocycles. The average molecular weight is 404 g/mol. The van der Waals surface area contributed by atoms with Gasteiger partial charge in [-0.2, -0.15) is 13.2 Å². The number of aromatic amines is 1. The summed E-state index contributed by atoms with van der Waals surface area (Å²) >= 11 is 0. The normalized spacial score (nSPS) is 20.1. The zero-order chi connectivity index (χ0) is 20.6. The second-order valence-electron chi connectivity index (χ2n) is 7.44. The van der Waals surface area contributed by atoms with Crippen LogP contribution in [-0.2, 0) is 12.7 Å². The molecule has 2 aliphatic rings. The summed E-state index contributed by atoms with van der Waals surface area (Å²) in [5.74, 6) is 7.00. The standard InChI is InChI=1S/C20H23F3N6/c21-20(22,23)15-3-1-13(2-4-15)11-28-9-6-14(7-10-28)17(24)18-16-5-8-26-19(16)27-12-29(18)25/h1-5,8,12,14,26H,6-7,9-11,24-25H2/b18-17-. The number of benzene rings is 1. The number of halogens is 3. The zero-order valence-electron chi connectivity index (χ0n) is 15.8. The molecule has 0 bridgehead atoms. The smallest absolute Gasteiger partial charge is 0.400 e. The van der Waals surface area contributed by atoms with Crippen LogP contribution in [0.25, 0.3) is 5.70 Å². The van der Waals surface area contributed by atoms with Crippen LogP contribution in [0.15, 0.2) is 47.2 Å². The number of alkyl halides is 3. The molecular weight excluding hydrogens is 381 g/mol. The van der Waals surface area contributed by atoms with Crippen LogP contribution < -0.4 is 11.6 Å². The largest absolute Gasteiger partial charge is 0.416 e. The van der Waals surface area contributed by atoms with Crippen LogP contribution >= 0.6 is 0 Å². The van der Waals surface area contributed by atoms with Gasteiger partial charge in [-0.1, -0.05) is 12.1 Å². The number of H-pyrrole nitrogens is 1. The Morgan fingerprint density at radius 3 is 2.48 bits per heavy atom. The Hall–Kier alpha value is -2.78. The molecule has 154 valence electrons. The number of aliphatic imine (C=N–C) groups is 1. The van der Waals surface area contributed by atoms with Gasteiger partial charge in [0.25, 0.3) is 0 Å². The van der Waals surface area contributed by atoms with Gasteiger partial charge in [-0.15, -0.1) is 0 Å². The van der Waals surface area contributed by atoms with E-state index in [2.05, 4.69) is 14.9 Å². The van der Waals surface area contributed by atoms with E-state index >= 15 is 0 Å². The molecule has 0 atom stereocenters. The van der Waals surface area contributed by atoms with E-state index in [0.717, 1.165) is 66.4 Å². The Bertz CT molecular complexity index is 920. The number of nitrogens with two attached hydrogens (primary N) is 2. The van der Waals surface area contributed by atoms with Crippen molar-refractivity contribution in [1.29, 1.82) is 0 Å². The van der Waals surface area contributed by atoms with Crippen LogP contribution in [0.5, 0.6) is 0 Å². The summed E-state index contributed by atoms with van der Waals surface area (Å²) in [7, 11) is 0. The number of allylic oxidation sites excluding steroid dienone is 1. The predicted molar refractivity (Wildman–Crippen MR) is 106 cm³/mol. The second-order valence-corrected chi connectivity index (χ2v) is 7.44. The topological polar surface area (TPSA) is 86.7 Å². The van der Waals surface area contributed by atoms with Crippen molar-refractivity contribution in [3.63, 3.8) is 0 Å². The van der Waals surface area contributed by atoms with Gasteiger partial charge < -0.3 is 10.7 Å². The third-order valence-corrected chi connectivity index (χ3v) is 5.54. The van der Waals surface area contributed by atoms with E-state index in [4.69, 9.17) is 11.6 Å². The highest BCUT2D eigenvalue weighted by molar-refractivity contribution is 5.86. The van der Waals surface area contributed by atoms with Gasteiger partial charge in [0.2, 0.25) is 0 Å². The summed E-state index contributed by atoms with van der Waals surface area (Å²) in [4.78, 5) is 9.55. The molecule has 0 aliphatic carbocycles. The van der Waals surface area contributed by atoms with Crippen molar-refractivity contribution in [3.05, 3.63) is 58.9 Å². The molecule has 29 heavy (non-hydrogen) atoms. The molecule has 0 unspecified atom stereocenters. The van der Waals surface area contributed by atoms with E-state index in [1.54, 1.807) is 24.7 Å². The first-order valence-electron chi connectivity index (χ1n) is 9.47. The first-order chi connectivity index (χ1) is 13.8. The lowest BCUT2D eigenvalue weighted by Crippen LogP contribution is -2.38. The summed E-state index contributed by atoms with van der Waals surface area (Å²) < 4.78 is 38.1. The molecule has 0 saturated carbocycles. The first-order valence-corrected chi connectivity index (χ1v) is 9.47. The van der Waals surface area contributed by atoms with Crippen molar-refractivity contribution in [2.24, 2.45) is 22.5 Å². The highest BCUT2D eigenvalue weighted by Gasteiger charge is 2.30. The fraction of sp³-hybridized carbons (Fsp3) is 0.350. The van der Waals surface area contributed by atoms with Crippen LogP contribution in [-0.4, -0.2) is 34.3 Å². The molecule has 3 heterocycles. The number of fused-ring (bicyclic) bond motifs is 1. The summed E-state index contributed by atoms with van der Waals surface area (Å²) in [6.07, 6.45) is 0.769. The van der Waals surface area contributed by atoms with Crippen molar-refractivity contribution in [1.82, 2.24) is 14.9 Å². The maximum Gasteiger partial charge on any atom is 0.416 e. The minimum atomic E-state index is -4.30. The van der Waals surface area contributed by atoms with Crippen LogP contribution in [0.3, 0.4) is 0 Å². The maximum atomic E-state index is 12.7. The number of piperidine rings is 1. The number of rotatable bonds is 3. The summed E-state index contributed by atoms with van der Waals surface area (Å²) in [6.45, 7) is 2.26. The van der Waals surface area contributed by atoms with Gasteiger partial charge in [0, 0.05) is 29.9 Å². The Labute approximate surface area is 166 Å². The second kappa shape index (κ2) is 7.57. The van der Waals surface area contributed by atoms with Gasteiger partial charge in [-0.3, -0.25) is 9.91 Å². The molecule has 1 saturated heterocycles. The van der Waals surface area contributed by atoms with Gasteiger partial charge in [-0.25, -0.2) is 10.8 Å². The van der Waals surface area contributed by atoms with Gasteiger partial charge >= 0.3 is 6.18 Å². The molecule has 1 fully saturated rings. The number of nitrogens with zero attached hydrogens (tertiary/aromatic N) is 3. The molecule has 0 radical (unpaired) electrons. The van der Waals surface area contributed by atoms with Crippen molar-refractivity contribution in [3.8, 4) is 0 Å². The van der Waals surface area contributed by atoms with Gasteiger partial charge in [0.15, 0.2) is 0 Å². The van der Waals surface area contributed by atoms with Gasteiger partial charge in [0.05, 0.1) is 11.3 Å². The molecule has 0 spiro atoms. The SMILES string of the molecule is N/C(=C1/c2cc[nH]c2N=CN1N)C1CCN(Cc2ccc(C(F)(F)F)cc2)CC1. The molecule has 0 amide bonds. The summed E-state index contributed by atoms with van der Waals surface area (Å²) in [6, 6.07) is 7.28. The monoisotopic (exact) mass is 404 g/mol. The third kappa shape index (κ3) is 4.01. The van der Waals surface area contributed by atoms with Crippen LogP contribution in [0.2, 0.25) is 0 Å². The molecule has 2 aliphatic heterocycles. The van der Waals surface area contributed by atoms with E-state index in [1.807, 2.05) is 6.07 Å². The molecular formula is C20H23F3N6. The zero-order valence-corrected chi connectivity index (χ0v) is 15.8. The number of hydrogen-bond donors (Lipinski definition) is 3. The van der Waals surface area contributed by atoms with E-state index in [-0.39, 0.29) is 5.92 Å². The van der Waals surface area contributed by atoms with Crippen molar-refractivity contribution >= 4 is 17.9 Å². The molecule has 6 nitrogen and oxygen atoms in total. The highest BCUT2D eigenvalue weighted by Crippen LogP contribution is 2.35. The number of aromatic nitrogens is 1. The Morgan fingerprint density at radius 2 is 1.83 bits per heavy atom. The van der Waals surface area contributed by atoms with Crippen LogP contribution in [0.1, 0.15) is 29.5 Å². The van der Waals surface area contributed by atoms with E-state index in [9.17, 15) is 13.2 Å². The fourth-order valence-corrected chi connectivity index (χ4v) is 3.93. The van der Waals surface area contributed by atoms with E-state index < -0.39 is 11.7 Å². The lowest BCUT2D eigenvalue weighted by atomic mass is 9.91. The Morgan fingerprint density at radius 1 is 1.14 bits per heavy atom. The molecule has 2 aromatic rings. The lowest BCUT2D eigenvalue weighted by molar-refractivity contribution is -0.137. The average Bonchev–Trinajstić information content (AvgIpc) is 3.16. The summed E-state index contributed by atoms with van der Waals surface area (Å²) in [5.41, 5.74) is 9.16. The third-order valence-electron chi connectivity index (χ3n) is 5.54. The van der Waals surface area contributed by atoms with E-state index in [1.165, 1.54) is 5.01 Å². The quantitative estimate of drug-likeness (QED) is 0.684. The fourth-order valence-electron chi connectivity index (χ4n) is 3.93. The minimum absolute atomic E-state index is 0.189. The number of hydrogen-bond acceptors (Lipinski definition) is 5. The molecule has 9 heteroatoms. The van der Waals surface area contributed by atoms with Gasteiger partial charge in [-0.05, 0) is 49.7 Å². The number of likely N-dealkylation sites (tertiary alicyclic amines) is 1. The van der Waals surface area contributed by atoms with Crippen LogP contribution in [0.4, 0.5) is 19.0 Å². The highest BCUT2D eigenvalue weighted by atomic mass is 19.4. The molecule has 1 aromatic carbocycles. The maximum absolute atomic E-state index is 12.7. The van der Waals surface area contributed by atoms with E-state index in [0.29, 0.717) is 6.54 Å². The van der Waals surface area contributed by atoms with Crippen LogP contribution in [0, 0.1) is 5.92 Å². The Balaban J connectivity index is 1.40. The van der Waals surface area contributed by atoms with Crippen molar-refractivity contribution < 1.29 is 13.2 Å². The number of hydrazine groups is 1. The molecule has 5 N–H and O–H groups in total. The lowest BCUT2D eigenvalue weighted by Gasteiger charge is -2.34. The minimum Gasteiger partial charge on any atom is -0.400 e.